The largest absolute Gasteiger partial charge is 0.487 e. The van der Waals surface area contributed by atoms with Crippen molar-refractivity contribution in [3.05, 3.63) is 52.3 Å². The predicted molar refractivity (Wildman–Crippen MR) is 120 cm³/mol. The third-order valence-electron chi connectivity index (χ3n) is 5.66. The smallest absolute Gasteiger partial charge is 0.311 e. The van der Waals surface area contributed by atoms with E-state index in [2.05, 4.69) is 4.90 Å². The number of amides is 1. The Balaban J connectivity index is 1.75. The summed E-state index contributed by atoms with van der Waals surface area (Å²) in [4.78, 5) is 31.7. The van der Waals surface area contributed by atoms with Gasteiger partial charge in [-0.05, 0) is 31.2 Å². The summed E-state index contributed by atoms with van der Waals surface area (Å²) < 4.78 is 7.36. The second kappa shape index (κ2) is 8.83. The van der Waals surface area contributed by atoms with Gasteiger partial charge in [-0.1, -0.05) is 0 Å². The zero-order valence-electron chi connectivity index (χ0n) is 18.2. The average molecular weight is 438 g/mol. The molecular formula is C22H26N6O4. The summed E-state index contributed by atoms with van der Waals surface area (Å²) in [6, 6.07) is 8.53. The standard InChI is InChI=1S/C22H26N6O4/c1-3-32-20-6-4-16(12-18(20)28(30)31)22-19(27-13-17(23)5-7-21(27)24-22)14-25-8-10-26(11-9-25)15(2)29/h4-7,12-13H,3,8-11,14,23H2,1-2H3. The van der Waals surface area contributed by atoms with Gasteiger partial charge in [0.1, 0.15) is 5.65 Å². The Kier molecular flexibility index (Phi) is 5.95. The number of piperazine rings is 1. The Labute approximate surface area is 185 Å². The van der Waals surface area contributed by atoms with Gasteiger partial charge in [0.15, 0.2) is 5.75 Å². The van der Waals surface area contributed by atoms with E-state index in [0.29, 0.717) is 48.8 Å². The highest BCUT2D eigenvalue weighted by molar-refractivity contribution is 5.73. The molecular weight excluding hydrogens is 412 g/mol. The fraction of sp³-hybridized carbons (Fsp3) is 0.364. The fourth-order valence-corrected chi connectivity index (χ4v) is 4.01. The number of imidazole rings is 1. The number of carbonyl (C=O) groups excluding carboxylic acids is 1. The van der Waals surface area contributed by atoms with E-state index in [0.717, 1.165) is 18.8 Å². The molecule has 32 heavy (non-hydrogen) atoms. The van der Waals surface area contributed by atoms with Crippen LogP contribution >= 0.6 is 0 Å². The maximum absolute atomic E-state index is 11.6. The van der Waals surface area contributed by atoms with Crippen molar-refractivity contribution in [1.29, 1.82) is 0 Å². The van der Waals surface area contributed by atoms with Crippen LogP contribution in [0.1, 0.15) is 19.5 Å². The van der Waals surface area contributed by atoms with Gasteiger partial charge in [0, 0.05) is 63.2 Å². The summed E-state index contributed by atoms with van der Waals surface area (Å²) in [6.07, 6.45) is 1.82. The highest BCUT2D eigenvalue weighted by atomic mass is 16.6. The molecule has 10 heteroatoms. The Morgan fingerprint density at radius 3 is 2.62 bits per heavy atom. The monoisotopic (exact) mass is 438 g/mol. The van der Waals surface area contributed by atoms with Crippen molar-refractivity contribution >= 4 is 22.9 Å². The number of carbonyl (C=O) groups is 1. The number of nitro groups is 1. The molecule has 0 spiro atoms. The number of hydrogen-bond donors (Lipinski definition) is 1. The zero-order chi connectivity index (χ0) is 22.8. The minimum absolute atomic E-state index is 0.0783. The summed E-state index contributed by atoms with van der Waals surface area (Å²) in [7, 11) is 0. The molecule has 0 atom stereocenters. The second-order valence-electron chi connectivity index (χ2n) is 7.75. The van der Waals surface area contributed by atoms with Gasteiger partial charge in [0.05, 0.1) is 22.9 Å². The molecule has 1 fully saturated rings. The number of anilines is 1. The molecule has 0 aliphatic carbocycles. The van der Waals surface area contributed by atoms with Crippen molar-refractivity contribution in [2.45, 2.75) is 20.4 Å². The van der Waals surface area contributed by atoms with Crippen LogP contribution in [-0.2, 0) is 11.3 Å². The lowest BCUT2D eigenvalue weighted by molar-refractivity contribution is -0.385. The van der Waals surface area contributed by atoms with Crippen molar-refractivity contribution in [3.8, 4) is 17.0 Å². The highest BCUT2D eigenvalue weighted by Gasteiger charge is 2.24. The molecule has 168 valence electrons. The first kappa shape index (κ1) is 21.6. The van der Waals surface area contributed by atoms with E-state index in [1.54, 1.807) is 32.0 Å². The third-order valence-corrected chi connectivity index (χ3v) is 5.66. The Hall–Kier alpha value is -3.66. The molecule has 3 aromatic rings. The van der Waals surface area contributed by atoms with Gasteiger partial charge in [-0.3, -0.25) is 19.8 Å². The van der Waals surface area contributed by atoms with Crippen molar-refractivity contribution < 1.29 is 14.5 Å². The predicted octanol–water partition coefficient (Wildman–Crippen LogP) is 2.55. The summed E-state index contributed by atoms with van der Waals surface area (Å²) >= 11 is 0. The van der Waals surface area contributed by atoms with Gasteiger partial charge in [-0.2, -0.15) is 0 Å². The van der Waals surface area contributed by atoms with E-state index in [9.17, 15) is 14.9 Å². The van der Waals surface area contributed by atoms with Gasteiger partial charge >= 0.3 is 5.69 Å². The molecule has 1 aromatic carbocycles. The van der Waals surface area contributed by atoms with Crippen LogP contribution in [0.25, 0.3) is 16.9 Å². The Morgan fingerprint density at radius 2 is 1.97 bits per heavy atom. The van der Waals surface area contributed by atoms with Gasteiger partial charge in [0.2, 0.25) is 5.91 Å². The zero-order valence-corrected chi connectivity index (χ0v) is 18.2. The number of nitro benzene ring substituents is 1. The fourth-order valence-electron chi connectivity index (χ4n) is 4.01. The van der Waals surface area contributed by atoms with Crippen LogP contribution in [0.4, 0.5) is 11.4 Å². The topological polar surface area (TPSA) is 119 Å². The van der Waals surface area contributed by atoms with Crippen molar-refractivity contribution in [2.24, 2.45) is 0 Å². The molecule has 0 unspecified atom stereocenters. The number of fused-ring (bicyclic) bond motifs is 1. The molecule has 0 saturated carbocycles. The molecule has 1 amide bonds. The maximum atomic E-state index is 11.6. The number of nitrogens with two attached hydrogens (primary N) is 1. The molecule has 1 saturated heterocycles. The van der Waals surface area contributed by atoms with Crippen molar-refractivity contribution in [3.63, 3.8) is 0 Å². The van der Waals surface area contributed by atoms with E-state index in [1.165, 1.54) is 6.07 Å². The molecule has 0 radical (unpaired) electrons. The number of nitrogens with zero attached hydrogens (tertiary/aromatic N) is 5. The van der Waals surface area contributed by atoms with Gasteiger partial charge < -0.3 is 19.8 Å². The van der Waals surface area contributed by atoms with Gasteiger partial charge in [-0.15, -0.1) is 0 Å². The molecule has 0 bridgehead atoms. The summed E-state index contributed by atoms with van der Waals surface area (Å²) in [5, 5.41) is 11.6. The van der Waals surface area contributed by atoms with Crippen LogP contribution in [0.2, 0.25) is 0 Å². The maximum Gasteiger partial charge on any atom is 0.311 e. The Morgan fingerprint density at radius 1 is 1.22 bits per heavy atom. The number of nitrogen functional groups attached to an aromatic ring is 1. The van der Waals surface area contributed by atoms with E-state index < -0.39 is 4.92 Å². The van der Waals surface area contributed by atoms with E-state index in [-0.39, 0.29) is 17.3 Å². The number of aromatic nitrogens is 2. The number of benzene rings is 1. The minimum atomic E-state index is -0.442. The van der Waals surface area contributed by atoms with Gasteiger partial charge in [0.25, 0.3) is 0 Å². The number of pyridine rings is 1. The second-order valence-corrected chi connectivity index (χ2v) is 7.75. The molecule has 3 heterocycles. The van der Waals surface area contributed by atoms with Crippen LogP contribution < -0.4 is 10.5 Å². The van der Waals surface area contributed by atoms with E-state index >= 15 is 0 Å². The number of hydrogen-bond acceptors (Lipinski definition) is 7. The third kappa shape index (κ3) is 4.22. The van der Waals surface area contributed by atoms with Crippen LogP contribution in [-0.4, -0.2) is 62.8 Å². The molecule has 2 aromatic heterocycles. The van der Waals surface area contributed by atoms with Crippen LogP contribution in [0.3, 0.4) is 0 Å². The quantitative estimate of drug-likeness (QED) is 0.464. The molecule has 1 aliphatic rings. The SMILES string of the molecule is CCOc1ccc(-c2nc3ccc(N)cn3c2CN2CCN(C(C)=O)CC2)cc1[N+](=O)[O-]. The molecule has 1 aliphatic heterocycles. The van der Waals surface area contributed by atoms with E-state index in [4.69, 9.17) is 15.5 Å². The first-order chi connectivity index (χ1) is 15.4. The average Bonchev–Trinajstić information content (AvgIpc) is 3.12. The first-order valence-electron chi connectivity index (χ1n) is 10.5. The van der Waals surface area contributed by atoms with Crippen LogP contribution in [0.15, 0.2) is 36.5 Å². The Bertz CT molecular complexity index is 1170. The molecule has 2 N–H and O–H groups in total. The van der Waals surface area contributed by atoms with E-state index in [1.807, 2.05) is 21.6 Å². The van der Waals surface area contributed by atoms with Gasteiger partial charge in [-0.25, -0.2) is 4.98 Å². The number of ether oxygens (including phenoxy) is 1. The lowest BCUT2D eigenvalue weighted by Crippen LogP contribution is -2.47. The summed E-state index contributed by atoms with van der Waals surface area (Å²) in [5.74, 6) is 0.311. The minimum Gasteiger partial charge on any atom is -0.487 e. The van der Waals surface area contributed by atoms with Crippen molar-refractivity contribution in [2.75, 3.05) is 38.5 Å². The van der Waals surface area contributed by atoms with Crippen molar-refractivity contribution in [1.82, 2.24) is 19.2 Å². The van der Waals surface area contributed by atoms with Crippen LogP contribution in [0, 0.1) is 10.1 Å². The first-order valence-corrected chi connectivity index (χ1v) is 10.5. The van der Waals surface area contributed by atoms with Crippen LogP contribution in [0.5, 0.6) is 5.75 Å². The normalized spacial score (nSPS) is 14.6. The summed E-state index contributed by atoms with van der Waals surface area (Å²) in [5.41, 5.74) is 9.44. The lowest BCUT2D eigenvalue weighted by atomic mass is 10.1. The summed E-state index contributed by atoms with van der Waals surface area (Å²) in [6.45, 7) is 7.08. The lowest BCUT2D eigenvalue weighted by Gasteiger charge is -2.34. The highest BCUT2D eigenvalue weighted by Crippen LogP contribution is 2.34. The molecule has 4 rings (SSSR count). The number of rotatable bonds is 6. The molecule has 10 nitrogen and oxygen atoms in total.